The summed E-state index contributed by atoms with van der Waals surface area (Å²) in [7, 11) is 13.3. The Kier molecular flexibility index (Phi) is 10.7. The number of carbonyl (C=O) groups excluding carboxylic acids is 1. The van der Waals surface area contributed by atoms with Crippen LogP contribution in [-0.4, -0.2) is 85.8 Å². The van der Waals surface area contributed by atoms with Gasteiger partial charge in [0.25, 0.3) is 5.91 Å². The van der Waals surface area contributed by atoms with Crippen molar-refractivity contribution in [1.29, 1.82) is 0 Å². The van der Waals surface area contributed by atoms with E-state index < -0.39 is 0 Å². The van der Waals surface area contributed by atoms with Gasteiger partial charge in [0.2, 0.25) is 0 Å². The number of carbonyl (C=O) groups is 1. The summed E-state index contributed by atoms with van der Waals surface area (Å²) in [4.78, 5) is 19.6. The summed E-state index contributed by atoms with van der Waals surface area (Å²) >= 11 is 0. The average Bonchev–Trinajstić information content (AvgIpc) is 3.27. The number of ether oxygens (including phenoxy) is 8. The first-order chi connectivity index (χ1) is 28.3. The van der Waals surface area contributed by atoms with Gasteiger partial charge in [0.05, 0.1) is 68.5 Å². The molecular weight excluding hydrogens is 739 g/mol. The Morgan fingerprint density at radius 1 is 0.621 bits per heavy atom. The van der Waals surface area contributed by atoms with E-state index in [1.807, 2.05) is 29.2 Å². The van der Waals surface area contributed by atoms with Crippen LogP contribution in [-0.2, 0) is 25.7 Å². The number of benzene rings is 4. The SMILES string of the molecule is COc1cc2c(cc1OC)-c1c(OC)c(OC)cc3c1C(C2)N(C(=O)c1cccnc1)CC3.COc1cc2c(cc1OC)-c1c(OC)c(OC)cc3c1C(C2)NCC3. The van der Waals surface area contributed by atoms with E-state index in [1.165, 1.54) is 22.3 Å². The zero-order valence-electron chi connectivity index (χ0n) is 34.2. The predicted octanol–water partition coefficient (Wildman–Crippen LogP) is 7.21. The van der Waals surface area contributed by atoms with E-state index in [0.29, 0.717) is 41.5 Å². The molecule has 9 rings (SSSR count). The summed E-state index contributed by atoms with van der Waals surface area (Å²) in [6.45, 7) is 1.58. The number of methoxy groups -OCH3 is 8. The van der Waals surface area contributed by atoms with Crippen molar-refractivity contribution in [2.24, 2.45) is 0 Å². The molecule has 2 unspecified atom stereocenters. The number of rotatable bonds is 9. The van der Waals surface area contributed by atoms with Crippen LogP contribution in [0, 0.1) is 0 Å². The van der Waals surface area contributed by atoms with Gasteiger partial charge in [-0.2, -0.15) is 0 Å². The fraction of sp³-hybridized carbons (Fsp3) is 0.348. The normalized spacial score (nSPS) is 16.5. The quantitative estimate of drug-likeness (QED) is 0.163. The first-order valence-corrected chi connectivity index (χ1v) is 19.3. The summed E-state index contributed by atoms with van der Waals surface area (Å²) in [6.07, 6.45) is 6.60. The third-order valence-electron chi connectivity index (χ3n) is 11.8. The van der Waals surface area contributed by atoms with Gasteiger partial charge in [0, 0.05) is 36.1 Å². The van der Waals surface area contributed by atoms with E-state index in [-0.39, 0.29) is 18.0 Å². The van der Waals surface area contributed by atoms with Crippen molar-refractivity contribution >= 4 is 5.91 Å². The van der Waals surface area contributed by atoms with Crippen LogP contribution in [0.1, 0.15) is 55.8 Å². The van der Waals surface area contributed by atoms with E-state index in [1.54, 1.807) is 75.3 Å². The lowest BCUT2D eigenvalue weighted by Crippen LogP contribution is -2.42. The van der Waals surface area contributed by atoms with Gasteiger partial charge >= 0.3 is 0 Å². The lowest BCUT2D eigenvalue weighted by molar-refractivity contribution is 0.0658. The highest BCUT2D eigenvalue weighted by molar-refractivity contribution is 5.95. The number of amides is 1. The summed E-state index contributed by atoms with van der Waals surface area (Å²) in [5.41, 5.74) is 12.0. The van der Waals surface area contributed by atoms with Crippen molar-refractivity contribution in [2.45, 2.75) is 37.8 Å². The molecule has 0 bridgehead atoms. The van der Waals surface area contributed by atoms with Gasteiger partial charge < -0.3 is 48.1 Å². The van der Waals surface area contributed by atoms with Gasteiger partial charge in [-0.1, -0.05) is 0 Å². The molecule has 5 aromatic rings. The molecule has 0 fully saturated rings. The van der Waals surface area contributed by atoms with E-state index in [9.17, 15) is 4.79 Å². The number of aromatic nitrogens is 1. The predicted molar refractivity (Wildman–Crippen MR) is 220 cm³/mol. The maximum Gasteiger partial charge on any atom is 0.255 e. The minimum absolute atomic E-state index is 0.0246. The molecule has 58 heavy (non-hydrogen) atoms. The van der Waals surface area contributed by atoms with E-state index in [0.717, 1.165) is 82.2 Å². The zero-order valence-corrected chi connectivity index (χ0v) is 34.2. The second kappa shape index (κ2) is 16.0. The Hall–Kier alpha value is -6.14. The highest BCUT2D eigenvalue weighted by Crippen LogP contribution is 2.55. The summed E-state index contributed by atoms with van der Waals surface area (Å²) in [5.74, 6) is 5.65. The molecule has 0 spiro atoms. The van der Waals surface area contributed by atoms with Crippen LogP contribution in [0.3, 0.4) is 0 Å². The van der Waals surface area contributed by atoms with Gasteiger partial charge in [-0.25, -0.2) is 0 Å². The first-order valence-electron chi connectivity index (χ1n) is 19.3. The largest absolute Gasteiger partial charge is 0.493 e. The van der Waals surface area contributed by atoms with Crippen LogP contribution in [0.5, 0.6) is 46.0 Å². The van der Waals surface area contributed by atoms with Crippen LogP contribution in [0.25, 0.3) is 22.3 Å². The third kappa shape index (κ3) is 6.35. The van der Waals surface area contributed by atoms with Gasteiger partial charge in [-0.15, -0.1) is 0 Å². The molecule has 4 aromatic carbocycles. The molecule has 2 aliphatic carbocycles. The lowest BCUT2D eigenvalue weighted by Gasteiger charge is -2.42. The number of hydrogen-bond acceptors (Lipinski definition) is 11. The maximum absolute atomic E-state index is 13.5. The molecule has 4 aliphatic rings. The van der Waals surface area contributed by atoms with Crippen molar-refractivity contribution in [1.82, 2.24) is 15.2 Å². The molecule has 12 nitrogen and oxygen atoms in total. The van der Waals surface area contributed by atoms with Crippen LogP contribution in [0.4, 0.5) is 0 Å². The molecule has 2 aliphatic heterocycles. The third-order valence-corrected chi connectivity index (χ3v) is 11.8. The van der Waals surface area contributed by atoms with Crippen LogP contribution < -0.4 is 43.2 Å². The van der Waals surface area contributed by atoms with Crippen molar-refractivity contribution in [2.75, 3.05) is 70.0 Å². The monoisotopic (exact) mass is 787 g/mol. The van der Waals surface area contributed by atoms with Gasteiger partial charge in [-0.3, -0.25) is 9.78 Å². The van der Waals surface area contributed by atoms with Crippen molar-refractivity contribution < 1.29 is 42.7 Å². The highest BCUT2D eigenvalue weighted by Gasteiger charge is 2.40. The van der Waals surface area contributed by atoms with Gasteiger partial charge in [-0.05, 0) is 125 Å². The molecule has 0 radical (unpaired) electrons. The van der Waals surface area contributed by atoms with E-state index >= 15 is 0 Å². The van der Waals surface area contributed by atoms with Crippen molar-refractivity contribution in [3.05, 3.63) is 99.9 Å². The Labute approximate surface area is 338 Å². The van der Waals surface area contributed by atoms with Crippen molar-refractivity contribution in [3.63, 3.8) is 0 Å². The topological polar surface area (TPSA) is 119 Å². The summed E-state index contributed by atoms with van der Waals surface area (Å²) in [6, 6.07) is 16.0. The smallest absolute Gasteiger partial charge is 0.255 e. The number of hydrogen-bond donors (Lipinski definition) is 1. The van der Waals surface area contributed by atoms with Crippen LogP contribution >= 0.6 is 0 Å². The second-order valence-electron chi connectivity index (χ2n) is 14.5. The first kappa shape index (κ1) is 38.7. The van der Waals surface area contributed by atoms with E-state index in [2.05, 4.69) is 28.5 Å². The summed E-state index contributed by atoms with van der Waals surface area (Å²) in [5, 5.41) is 3.64. The summed E-state index contributed by atoms with van der Waals surface area (Å²) < 4.78 is 45.1. The van der Waals surface area contributed by atoms with Gasteiger partial charge in [0.15, 0.2) is 46.0 Å². The molecule has 302 valence electrons. The second-order valence-corrected chi connectivity index (χ2v) is 14.5. The number of fused-ring (bicyclic) bond motifs is 4. The zero-order chi connectivity index (χ0) is 40.7. The minimum atomic E-state index is -0.137. The molecule has 2 atom stereocenters. The molecule has 1 aromatic heterocycles. The molecule has 1 N–H and O–H groups in total. The number of nitrogens with zero attached hydrogens (tertiary/aromatic N) is 2. The van der Waals surface area contributed by atoms with E-state index in [4.69, 9.17) is 37.9 Å². The fourth-order valence-electron chi connectivity index (χ4n) is 9.24. The molecule has 12 heteroatoms. The van der Waals surface area contributed by atoms with Crippen LogP contribution in [0.2, 0.25) is 0 Å². The Morgan fingerprint density at radius 2 is 1.14 bits per heavy atom. The number of pyridine rings is 1. The van der Waals surface area contributed by atoms with Crippen molar-refractivity contribution in [3.8, 4) is 68.2 Å². The molecule has 1 amide bonds. The Bertz CT molecular complexity index is 2380. The van der Waals surface area contributed by atoms with Gasteiger partial charge in [0.1, 0.15) is 0 Å². The lowest BCUT2D eigenvalue weighted by atomic mass is 9.76. The fourth-order valence-corrected chi connectivity index (χ4v) is 9.24. The Morgan fingerprint density at radius 3 is 1.67 bits per heavy atom. The average molecular weight is 788 g/mol. The van der Waals surface area contributed by atoms with Crippen LogP contribution in [0.15, 0.2) is 60.9 Å². The maximum atomic E-state index is 13.5. The Balaban J connectivity index is 0.000000168. The molecule has 0 saturated carbocycles. The molecule has 3 heterocycles. The number of nitrogens with one attached hydrogen (secondary N) is 1. The molecular formula is C46H49N3O9. The highest BCUT2D eigenvalue weighted by atomic mass is 16.5. The standard InChI is InChI=1S/C26H26N2O5.C20H23NO4/c1-30-20-12-17-10-19-23-15(7-9-28(19)26(29)16-6-5-8-27-14-16)11-22(32-3)25(33-4)24(23)18(17)13-21(20)31-2;1-22-15-9-12-7-14-18-11(5-6-21-14)8-17(24-3)20(25-4)19(18)13(12)10-16(15)23-2/h5-6,8,11-14,19H,7,9-10H2,1-4H3;8-10,14,21H,5-7H2,1-4H3. The minimum Gasteiger partial charge on any atom is -0.493 e. The molecule has 0 saturated heterocycles.